The molecule has 1 aliphatic rings. The lowest BCUT2D eigenvalue weighted by molar-refractivity contribution is 0.304. The second-order valence-corrected chi connectivity index (χ2v) is 24.1. The maximum absolute atomic E-state index is 6.96. The molecule has 8 bridgehead atoms. The fourth-order valence-electron chi connectivity index (χ4n) is 8.89. The van der Waals surface area contributed by atoms with Gasteiger partial charge in [0.25, 0.3) is 0 Å². The van der Waals surface area contributed by atoms with Gasteiger partial charge in [-0.15, -0.1) is 0 Å². The third-order valence-electron chi connectivity index (χ3n) is 11.0. The average molecular weight is 825 g/mol. The molecule has 6 heteroatoms. The van der Waals surface area contributed by atoms with Crippen LogP contribution in [0.4, 0.5) is 0 Å². The first-order chi connectivity index (χ1) is 27.9. The summed E-state index contributed by atoms with van der Waals surface area (Å²) in [6.07, 6.45) is 6.74. The summed E-state index contributed by atoms with van der Waals surface area (Å²) in [5.41, 5.74) is 12.1. The Hall–Kier alpha value is -3.06. The highest BCUT2D eigenvalue weighted by molar-refractivity contribution is 7.67. The molecule has 0 aliphatic heterocycles. The minimum absolute atomic E-state index is 0.428. The van der Waals surface area contributed by atoms with E-state index in [2.05, 4.69) is 144 Å². The van der Waals surface area contributed by atoms with Crippen molar-refractivity contribution in [3.05, 3.63) is 105 Å². The number of hydrogen-bond donors (Lipinski definition) is 0. The van der Waals surface area contributed by atoms with Crippen LogP contribution in [0.1, 0.15) is 153 Å². The molecule has 0 atom stereocenters. The second-order valence-electron chi connectivity index (χ2n) is 17.3. The lowest BCUT2D eigenvalue weighted by Gasteiger charge is -2.30. The maximum atomic E-state index is 6.96. The number of benzene rings is 4. The summed E-state index contributed by atoms with van der Waals surface area (Å²) < 4.78 is 27.5. The highest BCUT2D eigenvalue weighted by atomic mass is 31.1. The van der Waals surface area contributed by atoms with Gasteiger partial charge in [0.15, 0.2) is 0 Å². The third kappa shape index (κ3) is 11.2. The molecule has 4 aromatic rings. The monoisotopic (exact) mass is 825 g/mol. The van der Waals surface area contributed by atoms with Gasteiger partial charge >= 0.3 is 0 Å². The Morgan fingerprint density at radius 3 is 0.845 bits per heavy atom. The second kappa shape index (κ2) is 22.0. The third-order valence-corrected chi connectivity index (χ3v) is 17.1. The van der Waals surface area contributed by atoms with Crippen LogP contribution in [0.15, 0.2) is 60.7 Å². The van der Waals surface area contributed by atoms with Crippen LogP contribution >= 0.6 is 15.8 Å². The largest absolute Gasteiger partial charge is 0.493 e. The lowest BCUT2D eigenvalue weighted by Crippen LogP contribution is -2.20. The van der Waals surface area contributed by atoms with Gasteiger partial charge in [0.2, 0.25) is 0 Å². The topological polar surface area (TPSA) is 36.9 Å². The van der Waals surface area contributed by atoms with Crippen LogP contribution in [0.3, 0.4) is 0 Å². The molecule has 0 radical (unpaired) electrons. The van der Waals surface area contributed by atoms with Gasteiger partial charge in [-0.05, 0) is 128 Å². The fourth-order valence-corrected chi connectivity index (χ4v) is 14.9. The van der Waals surface area contributed by atoms with Crippen molar-refractivity contribution in [2.24, 2.45) is 0 Å². The molecule has 0 saturated carbocycles. The van der Waals surface area contributed by atoms with E-state index in [0.29, 0.717) is 49.1 Å². The zero-order valence-corrected chi connectivity index (χ0v) is 39.9. The van der Waals surface area contributed by atoms with Crippen molar-refractivity contribution in [2.45, 2.75) is 157 Å². The number of rotatable bonds is 18. The van der Waals surface area contributed by atoms with Crippen LogP contribution in [0.2, 0.25) is 0 Å². The number of fused-ring (bicyclic) bond motifs is 8. The molecule has 0 spiro atoms. The smallest absolute Gasteiger partial charge is 0.126 e. The van der Waals surface area contributed by atoms with Crippen molar-refractivity contribution < 1.29 is 18.9 Å². The highest BCUT2D eigenvalue weighted by Gasteiger charge is 2.28. The van der Waals surface area contributed by atoms with Crippen molar-refractivity contribution in [3.63, 3.8) is 0 Å². The fraction of sp³-hybridized carbons (Fsp3) is 0.538. The van der Waals surface area contributed by atoms with Gasteiger partial charge in [-0.2, -0.15) is 0 Å². The molecule has 1 aliphatic carbocycles. The Labute approximate surface area is 355 Å². The van der Waals surface area contributed by atoms with Crippen molar-refractivity contribution in [2.75, 3.05) is 26.4 Å². The van der Waals surface area contributed by atoms with Gasteiger partial charge in [-0.1, -0.05) is 135 Å². The van der Waals surface area contributed by atoms with E-state index < -0.39 is 15.8 Å². The summed E-state index contributed by atoms with van der Waals surface area (Å²) in [6, 6.07) is 23.6. The zero-order valence-electron chi connectivity index (χ0n) is 38.1. The summed E-state index contributed by atoms with van der Waals surface area (Å²) in [4.78, 5) is 0. The van der Waals surface area contributed by atoms with Gasteiger partial charge < -0.3 is 18.9 Å². The SMILES string of the molecule is CCCOc1c2cccc1Cc1cc(P(C(C)C)C(C)C)cc(c1OCCC)Cc1cc(P(C(C)C)C(C)C)cc(c1OCCC)Cc1cccc(c1OCCC)C2. The predicted octanol–water partition coefficient (Wildman–Crippen LogP) is 13.4. The zero-order chi connectivity index (χ0) is 41.9. The minimum atomic E-state index is -0.428. The molecule has 5 rings (SSSR count). The number of ether oxygens (including phenoxy) is 4. The summed E-state index contributed by atoms with van der Waals surface area (Å²) >= 11 is 0. The predicted molar refractivity (Wildman–Crippen MR) is 254 cm³/mol. The minimum Gasteiger partial charge on any atom is -0.493 e. The Bertz CT molecular complexity index is 1780. The number of para-hydroxylation sites is 2. The summed E-state index contributed by atoms with van der Waals surface area (Å²) in [6.45, 7) is 30.8. The van der Waals surface area contributed by atoms with Crippen molar-refractivity contribution in [3.8, 4) is 23.0 Å². The Morgan fingerprint density at radius 1 is 0.379 bits per heavy atom. The van der Waals surface area contributed by atoms with Crippen LogP contribution in [0.25, 0.3) is 0 Å². The van der Waals surface area contributed by atoms with Gasteiger partial charge in [0.05, 0.1) is 26.4 Å². The molecule has 0 heterocycles. The first-order valence-electron chi connectivity index (χ1n) is 22.5. The van der Waals surface area contributed by atoms with E-state index in [0.717, 1.165) is 74.4 Å². The highest BCUT2D eigenvalue weighted by Crippen LogP contribution is 2.49. The van der Waals surface area contributed by atoms with Crippen LogP contribution in [0, 0.1) is 0 Å². The van der Waals surface area contributed by atoms with Crippen LogP contribution in [-0.2, 0) is 25.7 Å². The maximum Gasteiger partial charge on any atom is 0.126 e. The summed E-state index contributed by atoms with van der Waals surface area (Å²) in [5.74, 6) is 4.09. The molecule has 0 N–H and O–H groups in total. The Kier molecular flexibility index (Phi) is 17.4. The van der Waals surface area contributed by atoms with Crippen LogP contribution < -0.4 is 29.6 Å². The summed E-state index contributed by atoms with van der Waals surface area (Å²) in [5, 5.41) is 2.93. The van der Waals surface area contributed by atoms with E-state index in [4.69, 9.17) is 18.9 Å². The number of hydrogen-bond acceptors (Lipinski definition) is 4. The van der Waals surface area contributed by atoms with E-state index in [-0.39, 0.29) is 0 Å². The van der Waals surface area contributed by atoms with Crippen LogP contribution in [0.5, 0.6) is 23.0 Å². The van der Waals surface area contributed by atoms with Crippen molar-refractivity contribution in [1.29, 1.82) is 0 Å². The van der Waals surface area contributed by atoms with Crippen molar-refractivity contribution in [1.82, 2.24) is 0 Å². The van der Waals surface area contributed by atoms with E-state index in [1.807, 2.05) is 0 Å². The molecule has 0 fully saturated rings. The van der Waals surface area contributed by atoms with Gasteiger partial charge in [-0.3, -0.25) is 0 Å². The molecule has 4 aromatic carbocycles. The van der Waals surface area contributed by atoms with E-state index in [1.165, 1.54) is 55.1 Å². The quantitative estimate of drug-likeness (QED) is 0.0825. The molecule has 0 saturated heterocycles. The normalized spacial score (nSPS) is 13.0. The first kappa shape index (κ1) is 46.0. The lowest BCUT2D eigenvalue weighted by atomic mass is 9.91. The Morgan fingerprint density at radius 2 is 0.603 bits per heavy atom. The molecule has 0 unspecified atom stereocenters. The molecule has 58 heavy (non-hydrogen) atoms. The molecular weight excluding hydrogens is 751 g/mol. The first-order valence-corrected chi connectivity index (χ1v) is 25.5. The average Bonchev–Trinajstić information content (AvgIpc) is 3.16. The molecule has 4 nitrogen and oxygen atoms in total. The van der Waals surface area contributed by atoms with Gasteiger partial charge in [0.1, 0.15) is 23.0 Å². The summed E-state index contributed by atoms with van der Waals surface area (Å²) in [7, 11) is -0.855. The Balaban J connectivity index is 1.93. The molecular formula is C52H74O4P2. The van der Waals surface area contributed by atoms with Crippen LogP contribution in [-0.4, -0.2) is 49.1 Å². The van der Waals surface area contributed by atoms with E-state index in [1.54, 1.807) is 0 Å². The van der Waals surface area contributed by atoms with Crippen molar-refractivity contribution >= 4 is 26.5 Å². The van der Waals surface area contributed by atoms with Gasteiger partial charge in [-0.25, -0.2) is 0 Å². The molecule has 316 valence electrons. The van der Waals surface area contributed by atoms with Gasteiger partial charge in [0, 0.05) is 25.7 Å². The van der Waals surface area contributed by atoms with E-state index in [9.17, 15) is 0 Å². The van der Waals surface area contributed by atoms with E-state index >= 15 is 0 Å². The molecule has 0 aromatic heterocycles. The standard InChI is InChI=1S/C52H74O4P2/c1-13-23-53-49-39-19-17-21-41(49)28-43-31-47(57(35(5)6)36(7)8)33-45(51(43)55-25-15-3)30-46-34-48(58(37(9)10)38(11)12)32-44(52(46)56-26-16-4)29-42-22-18-20-40(27-39)50(42)54-24-14-2/h17-22,31-38H,13-16,23-30H2,1-12H3. The molecule has 0 amide bonds.